The Morgan fingerprint density at radius 1 is 0.882 bits per heavy atom. The van der Waals surface area contributed by atoms with Crippen LogP contribution in [0.3, 0.4) is 0 Å². The molecule has 0 aromatic carbocycles. The van der Waals surface area contributed by atoms with E-state index in [1.807, 2.05) is 24.3 Å². The minimum atomic E-state index is 0. The second kappa shape index (κ2) is 14.0. The molecule has 0 saturated heterocycles. The van der Waals surface area contributed by atoms with E-state index >= 15 is 0 Å². The minimum absolute atomic E-state index is 0. The van der Waals surface area contributed by atoms with Crippen molar-refractivity contribution in [2.45, 2.75) is 12.8 Å². The van der Waals surface area contributed by atoms with Gasteiger partial charge in [0.2, 0.25) is 0 Å². The third-order valence-electron chi connectivity index (χ3n) is 1.88. The van der Waals surface area contributed by atoms with E-state index in [-0.39, 0.29) is 51.0 Å². The van der Waals surface area contributed by atoms with Gasteiger partial charge in [-0.15, -0.1) is 12.2 Å². The molecule has 2 aliphatic rings. The van der Waals surface area contributed by atoms with Crippen LogP contribution in [0.15, 0.2) is 60.8 Å². The molecule has 88 valence electrons. The van der Waals surface area contributed by atoms with Crippen molar-refractivity contribution in [2.24, 2.45) is 0 Å². The molecule has 0 saturated carbocycles. The van der Waals surface area contributed by atoms with Gasteiger partial charge in [-0.1, -0.05) is 12.8 Å². The van der Waals surface area contributed by atoms with Gasteiger partial charge >= 0.3 is 26.2 Å². The third kappa shape index (κ3) is 9.59. The molecule has 3 heteroatoms. The predicted molar refractivity (Wildman–Crippen MR) is 61.4 cm³/mol. The fourth-order valence-electron chi connectivity index (χ4n) is 1.12. The second-order valence-corrected chi connectivity index (χ2v) is 2.89. The fraction of sp³-hybridized carbons (Fsp3) is 0.143. The van der Waals surface area contributed by atoms with E-state index in [4.69, 9.17) is 0 Å². The first-order valence-electron chi connectivity index (χ1n) is 4.66. The van der Waals surface area contributed by atoms with Crippen LogP contribution in [-0.4, -0.2) is 0 Å². The van der Waals surface area contributed by atoms with Crippen LogP contribution in [0.4, 0.5) is 0 Å². The summed E-state index contributed by atoms with van der Waals surface area (Å²) in [4.78, 5) is 0. The molecule has 0 nitrogen and oxygen atoms in total. The molecule has 0 N–H and O–H groups in total. The van der Waals surface area contributed by atoms with Crippen molar-refractivity contribution < 1.29 is 51.0 Å². The van der Waals surface area contributed by atoms with Crippen LogP contribution in [0.1, 0.15) is 12.8 Å². The smallest absolute Gasteiger partial charge is 1.00 e. The van der Waals surface area contributed by atoms with Crippen LogP contribution in [0.2, 0.25) is 0 Å². The van der Waals surface area contributed by atoms with Crippen LogP contribution in [0, 0.1) is 12.2 Å². The molecular formula is C14H14Cl2Zr. The summed E-state index contributed by atoms with van der Waals surface area (Å²) >= 11 is 0. The topological polar surface area (TPSA) is 0 Å². The molecule has 0 unspecified atom stereocenters. The van der Waals surface area contributed by atoms with Crippen molar-refractivity contribution in [3.8, 4) is 0 Å². The number of halogens is 2. The van der Waals surface area contributed by atoms with E-state index in [2.05, 4.69) is 37.5 Å². The predicted octanol–water partition coefficient (Wildman–Crippen LogP) is -2.27. The summed E-state index contributed by atoms with van der Waals surface area (Å²) in [6.45, 7) is 7.18. The molecule has 2 rings (SSSR count). The maximum atomic E-state index is 3.59. The molecule has 0 aromatic rings. The van der Waals surface area contributed by atoms with Gasteiger partial charge in [0.15, 0.2) is 0 Å². The fourth-order valence-corrected chi connectivity index (χ4v) is 1.12. The zero-order valence-corrected chi connectivity index (χ0v) is 13.5. The van der Waals surface area contributed by atoms with Crippen LogP contribution in [0.5, 0.6) is 0 Å². The second-order valence-electron chi connectivity index (χ2n) is 2.89. The normalized spacial score (nSPS) is 13.9. The van der Waals surface area contributed by atoms with Gasteiger partial charge in [-0.05, 0) is 0 Å². The Balaban J connectivity index is -0.000000196. The molecule has 2 aliphatic carbocycles. The van der Waals surface area contributed by atoms with Crippen LogP contribution in [-0.2, 0) is 26.2 Å². The largest absolute Gasteiger partial charge is 4.00 e. The maximum absolute atomic E-state index is 3.59. The molecule has 0 aliphatic heterocycles. The summed E-state index contributed by atoms with van der Waals surface area (Å²) in [5.41, 5.74) is 2.25. The summed E-state index contributed by atoms with van der Waals surface area (Å²) in [5.74, 6) is 0. The number of hydrogen-bond acceptors (Lipinski definition) is 0. The van der Waals surface area contributed by atoms with Gasteiger partial charge in [0.1, 0.15) is 0 Å². The molecule has 0 aromatic heterocycles. The summed E-state index contributed by atoms with van der Waals surface area (Å²) in [6, 6.07) is 0. The average Bonchev–Trinajstić information content (AvgIpc) is 2.92. The first-order valence-corrected chi connectivity index (χ1v) is 4.66. The first-order chi connectivity index (χ1) is 6.86. The van der Waals surface area contributed by atoms with Crippen LogP contribution >= 0.6 is 0 Å². The Morgan fingerprint density at radius 3 is 1.35 bits per heavy atom. The molecule has 0 bridgehead atoms. The minimum Gasteiger partial charge on any atom is -1.00 e. The number of hydrogen-bond donors (Lipinski definition) is 0. The Kier molecular flexibility index (Phi) is 18.2. The standard InChI is InChI=1S/2C7H7.2ClH.Zr/c2*1-2-7-5-3-4-6-7;;;/h2*2-3,5H,1,4H2;2*1H;/q2*-1;;;+4/p-2. The van der Waals surface area contributed by atoms with E-state index in [0.717, 1.165) is 24.0 Å². The van der Waals surface area contributed by atoms with Gasteiger partial charge in [-0.2, -0.15) is 60.8 Å². The molecule has 0 radical (unpaired) electrons. The van der Waals surface area contributed by atoms with E-state index in [1.165, 1.54) is 0 Å². The molecule has 0 amide bonds. The Labute approximate surface area is 136 Å². The van der Waals surface area contributed by atoms with Crippen molar-refractivity contribution in [2.75, 3.05) is 0 Å². The maximum Gasteiger partial charge on any atom is 4.00 e. The molecular weight excluding hydrogens is 330 g/mol. The first kappa shape index (κ1) is 22.1. The SMILES string of the molecule is C=CC1=[C-]CC=C1.C=CC1=[C-]CC=C1.[Cl-].[Cl-].[Zr+4]. The number of rotatable bonds is 2. The Bertz CT molecular complexity index is 302. The summed E-state index contributed by atoms with van der Waals surface area (Å²) in [5, 5.41) is 0. The van der Waals surface area contributed by atoms with E-state index in [9.17, 15) is 0 Å². The zero-order chi connectivity index (χ0) is 10.2. The van der Waals surface area contributed by atoms with Crippen molar-refractivity contribution >= 4 is 0 Å². The Morgan fingerprint density at radius 2 is 1.24 bits per heavy atom. The average molecular weight is 344 g/mol. The monoisotopic (exact) mass is 342 g/mol. The van der Waals surface area contributed by atoms with Crippen molar-refractivity contribution in [3.63, 3.8) is 0 Å². The molecule has 0 fully saturated rings. The summed E-state index contributed by atoms with van der Waals surface area (Å²) in [6.07, 6.45) is 19.9. The summed E-state index contributed by atoms with van der Waals surface area (Å²) < 4.78 is 0. The van der Waals surface area contributed by atoms with Crippen molar-refractivity contribution in [3.05, 3.63) is 72.9 Å². The molecule has 0 atom stereocenters. The Hall–Kier alpha value is -0.0969. The van der Waals surface area contributed by atoms with Gasteiger partial charge < -0.3 is 24.8 Å². The number of allylic oxidation sites excluding steroid dienone is 10. The summed E-state index contributed by atoms with van der Waals surface area (Å²) in [7, 11) is 0. The van der Waals surface area contributed by atoms with Gasteiger partial charge in [-0.3, -0.25) is 0 Å². The van der Waals surface area contributed by atoms with Crippen molar-refractivity contribution in [1.82, 2.24) is 0 Å². The third-order valence-corrected chi connectivity index (χ3v) is 1.88. The zero-order valence-electron chi connectivity index (χ0n) is 9.55. The van der Waals surface area contributed by atoms with Gasteiger partial charge in [0, 0.05) is 0 Å². The van der Waals surface area contributed by atoms with E-state index in [0.29, 0.717) is 0 Å². The van der Waals surface area contributed by atoms with Crippen molar-refractivity contribution in [1.29, 1.82) is 0 Å². The molecule has 0 spiro atoms. The van der Waals surface area contributed by atoms with E-state index in [1.54, 1.807) is 0 Å². The van der Waals surface area contributed by atoms with Crippen LogP contribution < -0.4 is 24.8 Å². The van der Waals surface area contributed by atoms with Gasteiger partial charge in [0.25, 0.3) is 0 Å². The molecule has 0 heterocycles. The molecule has 17 heavy (non-hydrogen) atoms. The van der Waals surface area contributed by atoms with Gasteiger partial charge in [0.05, 0.1) is 0 Å². The van der Waals surface area contributed by atoms with Crippen LogP contribution in [0.25, 0.3) is 0 Å². The van der Waals surface area contributed by atoms with E-state index < -0.39 is 0 Å². The quantitative estimate of drug-likeness (QED) is 0.496. The van der Waals surface area contributed by atoms with Gasteiger partial charge in [-0.25, -0.2) is 0 Å².